The third kappa shape index (κ3) is 8.21. The van der Waals surface area contributed by atoms with Crippen LogP contribution in [0.25, 0.3) is 5.65 Å². The number of aromatic nitrogens is 5. The summed E-state index contributed by atoms with van der Waals surface area (Å²) in [4.78, 5) is 46.5. The zero-order valence-corrected chi connectivity index (χ0v) is 32.2. The largest absolute Gasteiger partial charge is 0.374 e. The lowest BCUT2D eigenvalue weighted by molar-refractivity contribution is -0.134. The number of rotatable bonds is 10. The Morgan fingerprint density at radius 3 is 2.57 bits per heavy atom. The number of carbonyl (C=O) groups excluding carboxylic acids is 3. The average molecular weight is 796 g/mol. The van der Waals surface area contributed by atoms with E-state index in [1.807, 2.05) is 30.3 Å². The van der Waals surface area contributed by atoms with Crippen molar-refractivity contribution in [3.05, 3.63) is 71.3 Å². The number of imide groups is 1. The van der Waals surface area contributed by atoms with Crippen molar-refractivity contribution in [3.63, 3.8) is 0 Å². The predicted molar refractivity (Wildman–Crippen MR) is 208 cm³/mol. The van der Waals surface area contributed by atoms with Gasteiger partial charge in [-0.3, -0.25) is 24.4 Å². The Hall–Kier alpha value is -5.24. The molecule has 1 aliphatic carbocycles. The van der Waals surface area contributed by atoms with Crippen LogP contribution in [-0.4, -0.2) is 105 Å². The second-order valence-corrected chi connectivity index (χ2v) is 16.2. The Morgan fingerprint density at radius 2 is 1.84 bits per heavy atom. The minimum atomic E-state index is -2.85. The normalized spacial score (nSPS) is 25.3. The molecule has 16 heteroatoms. The molecule has 304 valence electrons. The lowest BCUT2D eigenvalue weighted by Crippen LogP contribution is -2.40. The Labute approximate surface area is 334 Å². The van der Waals surface area contributed by atoms with E-state index in [-0.39, 0.29) is 53.3 Å². The van der Waals surface area contributed by atoms with Gasteiger partial charge in [0, 0.05) is 50.6 Å². The molecule has 5 aliphatic rings. The standard InChI is InChI=1S/C42H47F2N9O5/c43-39(44)38-35(46-42(56)34-21-45-52-18-15-36(47-40(34)52)51-23-32-20-30(51)25-58-32)24-53(49-38)29-9-5-27(6-10-29)22-50-16-13-31(14-17-50)57-19-1-2-26-3-7-28(8-4-26)33-11-12-37(54)48-41(33)55/h3-4,7-8,15,18,21,24,27,29-33,39H,5-6,9-14,16-17,19-20,22-23,25H2,(H,46,56)(H,48,54,55)/t27-,29-,30-,32-,33?/m1/s1. The summed E-state index contributed by atoms with van der Waals surface area (Å²) in [5.41, 5.74) is 1.86. The molecule has 1 aromatic carbocycles. The third-order valence-corrected chi connectivity index (χ3v) is 12.4. The van der Waals surface area contributed by atoms with Gasteiger partial charge in [-0.15, -0.1) is 0 Å². The molecule has 2 N–H and O–H groups in total. The fourth-order valence-electron chi connectivity index (χ4n) is 9.22. The summed E-state index contributed by atoms with van der Waals surface area (Å²) < 4.78 is 43.4. The number of piperidine rings is 2. The minimum absolute atomic E-state index is 0.00314. The molecule has 7 heterocycles. The maximum atomic E-state index is 14.2. The number of halogens is 2. The molecule has 1 unspecified atom stereocenters. The molecule has 9 rings (SSSR count). The molecular formula is C42H47F2N9O5. The van der Waals surface area contributed by atoms with Gasteiger partial charge in [-0.1, -0.05) is 24.0 Å². The Kier molecular flexibility index (Phi) is 10.9. The number of alkyl halides is 2. The van der Waals surface area contributed by atoms with Gasteiger partial charge in [-0.05, 0) is 81.0 Å². The van der Waals surface area contributed by atoms with Crippen molar-refractivity contribution in [2.45, 2.75) is 94.4 Å². The number of hydrogen-bond donors (Lipinski definition) is 2. The van der Waals surface area contributed by atoms with Crippen molar-refractivity contribution in [2.75, 3.05) is 49.6 Å². The first-order valence-electron chi connectivity index (χ1n) is 20.4. The fraction of sp³-hybridized carbons (Fsp3) is 0.524. The summed E-state index contributed by atoms with van der Waals surface area (Å²) in [6, 6.07) is 9.69. The number of fused-ring (bicyclic) bond motifs is 3. The molecule has 0 spiro atoms. The molecule has 4 aromatic rings. The maximum Gasteiger partial charge on any atom is 0.284 e. The molecule has 2 bridgehead atoms. The van der Waals surface area contributed by atoms with Gasteiger partial charge in [0.1, 0.15) is 18.0 Å². The summed E-state index contributed by atoms with van der Waals surface area (Å²) in [6.07, 6.45) is 9.52. The highest BCUT2D eigenvalue weighted by Crippen LogP contribution is 2.36. The van der Waals surface area contributed by atoms with E-state index in [0.29, 0.717) is 37.6 Å². The fourth-order valence-corrected chi connectivity index (χ4v) is 9.22. The van der Waals surface area contributed by atoms with Crippen LogP contribution >= 0.6 is 0 Å². The lowest BCUT2D eigenvalue weighted by Gasteiger charge is -2.36. The molecule has 5 fully saturated rings. The number of likely N-dealkylation sites (tertiary alicyclic amines) is 1. The molecule has 4 aliphatic heterocycles. The molecular weight excluding hydrogens is 749 g/mol. The number of amides is 3. The summed E-state index contributed by atoms with van der Waals surface area (Å²) in [7, 11) is 0. The average Bonchev–Trinajstić information content (AvgIpc) is 4.05. The van der Waals surface area contributed by atoms with Crippen LogP contribution in [0.4, 0.5) is 20.3 Å². The van der Waals surface area contributed by atoms with Gasteiger partial charge in [-0.2, -0.15) is 10.2 Å². The van der Waals surface area contributed by atoms with Gasteiger partial charge in [0.15, 0.2) is 11.3 Å². The summed E-state index contributed by atoms with van der Waals surface area (Å²) in [5.74, 6) is 6.18. The highest BCUT2D eigenvalue weighted by atomic mass is 19.3. The highest BCUT2D eigenvalue weighted by Gasteiger charge is 2.40. The monoisotopic (exact) mass is 795 g/mol. The van der Waals surface area contributed by atoms with Gasteiger partial charge in [-0.25, -0.2) is 18.3 Å². The van der Waals surface area contributed by atoms with Crippen molar-refractivity contribution in [2.24, 2.45) is 5.92 Å². The second-order valence-electron chi connectivity index (χ2n) is 16.2. The zero-order valence-electron chi connectivity index (χ0n) is 32.2. The van der Waals surface area contributed by atoms with Crippen molar-refractivity contribution < 1.29 is 32.6 Å². The van der Waals surface area contributed by atoms with Gasteiger partial charge >= 0.3 is 0 Å². The Bertz CT molecular complexity index is 2220. The molecule has 0 radical (unpaired) electrons. The van der Waals surface area contributed by atoms with E-state index in [1.165, 1.54) is 10.7 Å². The van der Waals surface area contributed by atoms with E-state index in [0.717, 1.165) is 88.1 Å². The first-order valence-corrected chi connectivity index (χ1v) is 20.4. The number of nitrogens with one attached hydrogen (secondary N) is 2. The minimum Gasteiger partial charge on any atom is -0.374 e. The van der Waals surface area contributed by atoms with Gasteiger partial charge in [0.2, 0.25) is 11.8 Å². The van der Waals surface area contributed by atoms with Crippen LogP contribution in [-0.2, 0) is 19.1 Å². The highest BCUT2D eigenvalue weighted by molar-refractivity contribution is 6.08. The molecule has 1 saturated carbocycles. The first-order chi connectivity index (χ1) is 28.2. The van der Waals surface area contributed by atoms with E-state index < -0.39 is 18.0 Å². The second kappa shape index (κ2) is 16.6. The number of ether oxygens (including phenoxy) is 2. The van der Waals surface area contributed by atoms with Gasteiger partial charge in [0.25, 0.3) is 12.3 Å². The molecule has 3 aromatic heterocycles. The van der Waals surface area contributed by atoms with Crippen molar-refractivity contribution in [3.8, 4) is 11.8 Å². The first kappa shape index (κ1) is 38.3. The quantitative estimate of drug-likeness (QED) is 0.168. The van der Waals surface area contributed by atoms with Crippen LogP contribution < -0.4 is 15.5 Å². The van der Waals surface area contributed by atoms with Crippen LogP contribution in [0.5, 0.6) is 0 Å². The molecule has 4 saturated heterocycles. The number of hydrogen-bond acceptors (Lipinski definition) is 10. The van der Waals surface area contributed by atoms with Crippen molar-refractivity contribution >= 4 is 34.9 Å². The maximum absolute atomic E-state index is 14.2. The van der Waals surface area contributed by atoms with Crippen molar-refractivity contribution in [1.82, 2.24) is 34.6 Å². The topological polar surface area (TPSA) is 148 Å². The van der Waals surface area contributed by atoms with E-state index in [2.05, 4.69) is 42.5 Å². The SMILES string of the molecule is O=C1CCC(c2ccc(C#CCOC3CCN(C[C@H]4CC[C@H](n5cc(NC(=O)c6cnn7ccc(N8C[C@H]9C[C@@H]8CO9)nc67)c(C(F)F)n5)CC4)CC3)cc2)C(=O)N1. The van der Waals surface area contributed by atoms with E-state index in [1.54, 1.807) is 17.1 Å². The number of carbonyl (C=O) groups is 3. The summed E-state index contributed by atoms with van der Waals surface area (Å²) >= 11 is 0. The van der Waals surface area contributed by atoms with Crippen LogP contribution in [0.1, 0.15) is 103 Å². The summed E-state index contributed by atoms with van der Waals surface area (Å²) in [6.45, 7) is 4.65. The molecule has 3 amide bonds. The lowest BCUT2D eigenvalue weighted by atomic mass is 9.85. The van der Waals surface area contributed by atoms with E-state index in [4.69, 9.17) is 14.5 Å². The zero-order chi connectivity index (χ0) is 39.8. The summed E-state index contributed by atoms with van der Waals surface area (Å²) in [5, 5.41) is 13.7. The van der Waals surface area contributed by atoms with Crippen LogP contribution in [0.15, 0.2) is 48.9 Å². The smallest absolute Gasteiger partial charge is 0.284 e. The number of nitrogens with zero attached hydrogens (tertiary/aromatic N) is 7. The van der Waals surface area contributed by atoms with Gasteiger partial charge < -0.3 is 24.6 Å². The Morgan fingerprint density at radius 1 is 1.03 bits per heavy atom. The van der Waals surface area contributed by atoms with Crippen LogP contribution in [0, 0.1) is 17.8 Å². The predicted octanol–water partition coefficient (Wildman–Crippen LogP) is 4.88. The van der Waals surface area contributed by atoms with E-state index in [9.17, 15) is 23.2 Å². The van der Waals surface area contributed by atoms with Crippen molar-refractivity contribution in [1.29, 1.82) is 0 Å². The number of morpholine rings is 1. The molecule has 14 nitrogen and oxygen atoms in total. The van der Waals surface area contributed by atoms with Gasteiger partial charge in [0.05, 0.1) is 48.7 Å². The number of benzene rings is 1. The number of anilines is 2. The Balaban J connectivity index is 0.725. The van der Waals surface area contributed by atoms with Crippen LogP contribution in [0.2, 0.25) is 0 Å². The van der Waals surface area contributed by atoms with E-state index >= 15 is 0 Å². The molecule has 58 heavy (non-hydrogen) atoms. The molecule has 3 atom stereocenters. The van der Waals surface area contributed by atoms with Crippen LogP contribution in [0.3, 0.4) is 0 Å². The third-order valence-electron chi connectivity index (χ3n) is 12.4.